The maximum absolute atomic E-state index is 11.8. The summed E-state index contributed by atoms with van der Waals surface area (Å²) in [6.07, 6.45) is 1.07. The zero-order valence-corrected chi connectivity index (χ0v) is 11.6. The van der Waals surface area contributed by atoms with Crippen LogP contribution in [-0.2, 0) is 4.79 Å². The lowest BCUT2D eigenvalue weighted by Gasteiger charge is -2.07. The van der Waals surface area contributed by atoms with Gasteiger partial charge in [-0.1, -0.05) is 6.92 Å². The van der Waals surface area contributed by atoms with Crippen LogP contribution in [0.15, 0.2) is 24.3 Å². The molecule has 0 aliphatic heterocycles. The highest BCUT2D eigenvalue weighted by molar-refractivity contribution is 5.94. The van der Waals surface area contributed by atoms with E-state index in [0.29, 0.717) is 17.9 Å². The summed E-state index contributed by atoms with van der Waals surface area (Å²) in [5.74, 6) is -0.166. The molecule has 0 aromatic heterocycles. The van der Waals surface area contributed by atoms with Crippen molar-refractivity contribution in [2.45, 2.75) is 13.3 Å². The molecule has 0 spiro atoms. The molecule has 6 heteroatoms. The Hall–Kier alpha value is -2.08. The van der Waals surface area contributed by atoms with E-state index in [0.717, 1.165) is 19.5 Å². The topological polar surface area (TPSA) is 93.4 Å². The highest BCUT2D eigenvalue weighted by Gasteiger charge is 2.05. The first-order valence-corrected chi connectivity index (χ1v) is 6.63. The van der Waals surface area contributed by atoms with E-state index in [4.69, 9.17) is 10.5 Å². The highest BCUT2D eigenvalue weighted by atomic mass is 16.5. The summed E-state index contributed by atoms with van der Waals surface area (Å²) < 4.78 is 5.11. The number of nitrogens with two attached hydrogens (primary N) is 1. The van der Waals surface area contributed by atoms with Crippen molar-refractivity contribution in [3.63, 3.8) is 0 Å². The van der Waals surface area contributed by atoms with Gasteiger partial charge in [-0.05, 0) is 37.2 Å². The van der Waals surface area contributed by atoms with Gasteiger partial charge < -0.3 is 21.1 Å². The van der Waals surface area contributed by atoms with Crippen molar-refractivity contribution in [3.05, 3.63) is 29.8 Å². The van der Waals surface area contributed by atoms with Crippen LogP contribution in [0.2, 0.25) is 0 Å². The molecule has 0 atom stereocenters. The normalized spacial score (nSPS) is 10.1. The zero-order valence-electron chi connectivity index (χ0n) is 11.6. The third kappa shape index (κ3) is 6.19. The number of nitrogens with one attached hydrogen (secondary N) is 2. The van der Waals surface area contributed by atoms with Gasteiger partial charge in [-0.25, -0.2) is 0 Å². The third-order valence-corrected chi connectivity index (χ3v) is 2.51. The quantitative estimate of drug-likeness (QED) is 0.566. The van der Waals surface area contributed by atoms with E-state index in [-0.39, 0.29) is 12.5 Å². The molecule has 0 aliphatic rings. The van der Waals surface area contributed by atoms with Crippen LogP contribution in [-0.4, -0.2) is 38.1 Å². The molecule has 2 amide bonds. The molecule has 110 valence electrons. The lowest BCUT2D eigenvalue weighted by Crippen LogP contribution is -2.32. The lowest BCUT2D eigenvalue weighted by atomic mass is 10.2. The molecule has 0 saturated heterocycles. The van der Waals surface area contributed by atoms with Crippen molar-refractivity contribution in [1.82, 2.24) is 10.6 Å². The van der Waals surface area contributed by atoms with Gasteiger partial charge in [0.25, 0.3) is 11.8 Å². The number of ether oxygens (including phenoxy) is 1. The average molecular weight is 279 g/mol. The van der Waals surface area contributed by atoms with Crippen molar-refractivity contribution in [1.29, 1.82) is 0 Å². The number of hydrogen-bond acceptors (Lipinski definition) is 4. The van der Waals surface area contributed by atoms with Crippen molar-refractivity contribution in [2.24, 2.45) is 5.73 Å². The Bertz CT molecular complexity index is 432. The number of carbonyl (C=O) groups excluding carboxylic acids is 2. The minimum Gasteiger partial charge on any atom is -0.484 e. The van der Waals surface area contributed by atoms with E-state index in [2.05, 4.69) is 17.6 Å². The Morgan fingerprint density at radius 2 is 1.85 bits per heavy atom. The SMILES string of the molecule is CCCNCCNC(=O)c1ccc(OCC(N)=O)cc1. The molecule has 4 N–H and O–H groups in total. The fourth-order valence-corrected chi connectivity index (χ4v) is 1.53. The third-order valence-electron chi connectivity index (χ3n) is 2.51. The number of carbonyl (C=O) groups is 2. The van der Waals surface area contributed by atoms with Gasteiger partial charge in [0, 0.05) is 18.7 Å². The van der Waals surface area contributed by atoms with E-state index in [1.807, 2.05) is 0 Å². The number of primary amides is 1. The first-order valence-electron chi connectivity index (χ1n) is 6.63. The second kappa shape index (κ2) is 8.92. The Kier molecular flexibility index (Phi) is 7.13. The minimum absolute atomic E-state index is 0.134. The summed E-state index contributed by atoms with van der Waals surface area (Å²) >= 11 is 0. The van der Waals surface area contributed by atoms with Gasteiger partial charge >= 0.3 is 0 Å². The van der Waals surface area contributed by atoms with Gasteiger partial charge in [-0.3, -0.25) is 9.59 Å². The molecule has 0 heterocycles. The van der Waals surface area contributed by atoms with E-state index in [1.165, 1.54) is 0 Å². The van der Waals surface area contributed by atoms with Gasteiger partial charge in [0.15, 0.2) is 6.61 Å². The van der Waals surface area contributed by atoms with Gasteiger partial charge in [-0.15, -0.1) is 0 Å². The van der Waals surface area contributed by atoms with Crippen LogP contribution in [0.3, 0.4) is 0 Å². The van der Waals surface area contributed by atoms with Crippen LogP contribution in [0.25, 0.3) is 0 Å². The van der Waals surface area contributed by atoms with Gasteiger partial charge in [0.2, 0.25) is 0 Å². The summed E-state index contributed by atoms with van der Waals surface area (Å²) in [5.41, 5.74) is 5.52. The van der Waals surface area contributed by atoms with Gasteiger partial charge in [0.1, 0.15) is 5.75 Å². The van der Waals surface area contributed by atoms with Crippen LogP contribution in [0.1, 0.15) is 23.7 Å². The molecule has 0 fully saturated rings. The first kappa shape index (κ1) is 16.0. The van der Waals surface area contributed by atoms with Crippen molar-refractivity contribution >= 4 is 11.8 Å². The summed E-state index contributed by atoms with van der Waals surface area (Å²) in [5, 5.41) is 6.01. The Morgan fingerprint density at radius 1 is 1.15 bits per heavy atom. The van der Waals surface area contributed by atoms with Crippen LogP contribution < -0.4 is 21.1 Å². The molecule has 1 aromatic carbocycles. The van der Waals surface area contributed by atoms with Gasteiger partial charge in [0.05, 0.1) is 0 Å². The predicted molar refractivity (Wildman–Crippen MR) is 76.6 cm³/mol. The van der Waals surface area contributed by atoms with Crippen molar-refractivity contribution < 1.29 is 14.3 Å². The maximum atomic E-state index is 11.8. The second-order valence-corrected chi connectivity index (χ2v) is 4.29. The summed E-state index contributed by atoms with van der Waals surface area (Å²) in [6.45, 7) is 4.20. The first-order chi connectivity index (χ1) is 9.63. The number of amides is 2. The molecule has 0 bridgehead atoms. The molecule has 1 aromatic rings. The molecular weight excluding hydrogens is 258 g/mol. The van der Waals surface area contributed by atoms with E-state index in [9.17, 15) is 9.59 Å². The minimum atomic E-state index is -0.536. The largest absolute Gasteiger partial charge is 0.484 e. The molecule has 6 nitrogen and oxygen atoms in total. The smallest absolute Gasteiger partial charge is 0.255 e. The Labute approximate surface area is 118 Å². The number of rotatable bonds is 9. The molecular formula is C14H21N3O3. The number of hydrogen-bond donors (Lipinski definition) is 3. The molecule has 0 radical (unpaired) electrons. The predicted octanol–water partition coefficient (Wildman–Crippen LogP) is 0.280. The van der Waals surface area contributed by atoms with Crippen LogP contribution in [0.4, 0.5) is 0 Å². The van der Waals surface area contributed by atoms with Crippen LogP contribution >= 0.6 is 0 Å². The van der Waals surface area contributed by atoms with Crippen LogP contribution in [0.5, 0.6) is 5.75 Å². The van der Waals surface area contributed by atoms with E-state index >= 15 is 0 Å². The number of benzene rings is 1. The maximum Gasteiger partial charge on any atom is 0.255 e. The lowest BCUT2D eigenvalue weighted by molar-refractivity contribution is -0.119. The fourth-order valence-electron chi connectivity index (χ4n) is 1.53. The Morgan fingerprint density at radius 3 is 2.45 bits per heavy atom. The Balaban J connectivity index is 2.35. The zero-order chi connectivity index (χ0) is 14.8. The monoisotopic (exact) mass is 279 g/mol. The second-order valence-electron chi connectivity index (χ2n) is 4.29. The standard InChI is InChI=1S/C14H21N3O3/c1-2-7-16-8-9-17-14(19)11-3-5-12(6-4-11)20-10-13(15)18/h3-6,16H,2,7-10H2,1H3,(H2,15,18)(H,17,19). The average Bonchev–Trinajstić information content (AvgIpc) is 2.45. The van der Waals surface area contributed by atoms with Crippen molar-refractivity contribution in [2.75, 3.05) is 26.2 Å². The van der Waals surface area contributed by atoms with Crippen LogP contribution in [0, 0.1) is 0 Å². The molecule has 1 rings (SSSR count). The summed E-state index contributed by atoms with van der Waals surface area (Å²) in [6, 6.07) is 6.55. The van der Waals surface area contributed by atoms with E-state index < -0.39 is 5.91 Å². The summed E-state index contributed by atoms with van der Waals surface area (Å²) in [7, 11) is 0. The molecule has 0 saturated carbocycles. The van der Waals surface area contributed by atoms with Gasteiger partial charge in [-0.2, -0.15) is 0 Å². The molecule has 0 aliphatic carbocycles. The van der Waals surface area contributed by atoms with Crippen molar-refractivity contribution in [3.8, 4) is 5.75 Å². The van der Waals surface area contributed by atoms with E-state index in [1.54, 1.807) is 24.3 Å². The fraction of sp³-hybridized carbons (Fsp3) is 0.429. The summed E-state index contributed by atoms with van der Waals surface area (Å²) in [4.78, 5) is 22.4. The molecule has 20 heavy (non-hydrogen) atoms. The highest BCUT2D eigenvalue weighted by Crippen LogP contribution is 2.11. The molecule has 0 unspecified atom stereocenters.